The summed E-state index contributed by atoms with van der Waals surface area (Å²) in [7, 11) is 3.74. The molecule has 1 atom stereocenters. The van der Waals surface area contributed by atoms with E-state index in [-0.39, 0.29) is 11.4 Å². The number of carbonyl (C=O) groups excluding carboxylic acids is 1. The van der Waals surface area contributed by atoms with Gasteiger partial charge in [-0.3, -0.25) is 9.69 Å². The van der Waals surface area contributed by atoms with Crippen molar-refractivity contribution < 1.29 is 4.79 Å². The fourth-order valence-electron chi connectivity index (χ4n) is 2.71. The topological polar surface area (TPSA) is 45.2 Å². The van der Waals surface area contributed by atoms with Crippen LogP contribution in [0.15, 0.2) is 22.8 Å². The zero-order valence-corrected chi connectivity index (χ0v) is 13.0. The second-order valence-electron chi connectivity index (χ2n) is 5.09. The fraction of sp³-hybridized carbons (Fsp3) is 0.571. The van der Waals surface area contributed by atoms with Crippen molar-refractivity contribution in [2.75, 3.05) is 20.6 Å². The van der Waals surface area contributed by atoms with Gasteiger partial charge in [0.05, 0.1) is 0 Å². The lowest BCUT2D eigenvalue weighted by Crippen LogP contribution is -2.65. The van der Waals surface area contributed by atoms with Gasteiger partial charge in [-0.05, 0) is 60.8 Å². The molecule has 19 heavy (non-hydrogen) atoms. The minimum atomic E-state index is -0.291. The second kappa shape index (κ2) is 6.01. The van der Waals surface area contributed by atoms with Crippen LogP contribution in [0, 0.1) is 0 Å². The van der Waals surface area contributed by atoms with Gasteiger partial charge in [-0.15, -0.1) is 0 Å². The van der Waals surface area contributed by atoms with Crippen molar-refractivity contribution in [1.29, 1.82) is 0 Å². The Morgan fingerprint density at radius 1 is 1.58 bits per heavy atom. The Morgan fingerprint density at radius 2 is 2.37 bits per heavy atom. The number of nitrogens with one attached hydrogen (secondary N) is 1. The van der Waals surface area contributed by atoms with E-state index in [4.69, 9.17) is 0 Å². The van der Waals surface area contributed by atoms with Gasteiger partial charge < -0.3 is 5.32 Å². The quantitative estimate of drug-likeness (QED) is 0.842. The molecule has 4 nitrogen and oxygen atoms in total. The zero-order chi connectivity index (χ0) is 13.9. The molecule has 5 heteroatoms. The Kier molecular flexibility index (Phi) is 4.58. The van der Waals surface area contributed by atoms with Crippen molar-refractivity contribution in [3.05, 3.63) is 28.5 Å². The van der Waals surface area contributed by atoms with Crippen LogP contribution in [0.2, 0.25) is 0 Å². The number of pyridine rings is 1. The van der Waals surface area contributed by atoms with Crippen LogP contribution in [0.5, 0.6) is 0 Å². The molecule has 1 N–H and O–H groups in total. The number of halogens is 1. The molecule has 2 heterocycles. The molecule has 0 saturated carbocycles. The van der Waals surface area contributed by atoms with Gasteiger partial charge in [0, 0.05) is 19.3 Å². The summed E-state index contributed by atoms with van der Waals surface area (Å²) in [5.41, 5.74) is 0.782. The Hall–Kier alpha value is -0.940. The highest BCUT2D eigenvalue weighted by Gasteiger charge is 2.47. The van der Waals surface area contributed by atoms with Gasteiger partial charge in [-0.1, -0.05) is 6.07 Å². The monoisotopic (exact) mass is 325 g/mol. The average molecular weight is 326 g/mol. The highest BCUT2D eigenvalue weighted by molar-refractivity contribution is 9.10. The molecule has 0 spiro atoms. The van der Waals surface area contributed by atoms with E-state index < -0.39 is 0 Å². The van der Waals surface area contributed by atoms with Gasteiger partial charge in [0.1, 0.15) is 10.1 Å². The van der Waals surface area contributed by atoms with E-state index in [1.54, 1.807) is 7.05 Å². The maximum absolute atomic E-state index is 12.0. The molecule has 0 unspecified atom stereocenters. The smallest absolute Gasteiger partial charge is 0.240 e. The number of carbonyl (C=O) groups is 1. The Morgan fingerprint density at radius 3 is 2.89 bits per heavy atom. The van der Waals surface area contributed by atoms with E-state index in [9.17, 15) is 4.79 Å². The van der Waals surface area contributed by atoms with Gasteiger partial charge in [0.15, 0.2) is 0 Å². The van der Waals surface area contributed by atoms with Gasteiger partial charge >= 0.3 is 0 Å². The van der Waals surface area contributed by atoms with E-state index in [0.717, 1.165) is 42.5 Å². The minimum absolute atomic E-state index is 0.142. The first-order valence-electron chi connectivity index (χ1n) is 6.63. The third kappa shape index (κ3) is 2.98. The van der Waals surface area contributed by atoms with Crippen LogP contribution < -0.4 is 5.32 Å². The molecule has 1 amide bonds. The summed E-state index contributed by atoms with van der Waals surface area (Å²) in [5.74, 6) is 0.142. The number of hydrogen-bond donors (Lipinski definition) is 1. The molecule has 0 radical (unpaired) electrons. The number of rotatable bonds is 5. The van der Waals surface area contributed by atoms with Crippen molar-refractivity contribution in [3.8, 4) is 0 Å². The van der Waals surface area contributed by atoms with Crippen LogP contribution in [0.25, 0.3) is 0 Å². The number of aromatic nitrogens is 1. The Balaban J connectivity index is 1.92. The van der Waals surface area contributed by atoms with Gasteiger partial charge in [-0.25, -0.2) is 4.98 Å². The molecule has 104 valence electrons. The molecule has 1 aromatic heterocycles. The molecule has 0 aliphatic carbocycles. The molecule has 0 bridgehead atoms. The van der Waals surface area contributed by atoms with Crippen molar-refractivity contribution >= 4 is 21.8 Å². The molecule has 1 aliphatic heterocycles. The summed E-state index contributed by atoms with van der Waals surface area (Å²) in [5, 5.41) is 2.79. The van der Waals surface area contributed by atoms with Crippen LogP contribution in [-0.4, -0.2) is 42.0 Å². The highest BCUT2D eigenvalue weighted by Crippen LogP contribution is 2.34. The van der Waals surface area contributed by atoms with E-state index in [1.807, 2.05) is 25.2 Å². The van der Waals surface area contributed by atoms with E-state index in [0.29, 0.717) is 0 Å². The number of hydrogen-bond acceptors (Lipinski definition) is 3. The molecule has 1 fully saturated rings. The lowest BCUT2D eigenvalue weighted by Gasteiger charge is -2.49. The zero-order valence-electron chi connectivity index (χ0n) is 11.4. The molecule has 1 aliphatic rings. The summed E-state index contributed by atoms with van der Waals surface area (Å²) in [6, 6.07) is 5.95. The first-order valence-corrected chi connectivity index (χ1v) is 7.43. The minimum Gasteiger partial charge on any atom is -0.358 e. The van der Waals surface area contributed by atoms with Crippen molar-refractivity contribution in [1.82, 2.24) is 15.2 Å². The van der Waals surface area contributed by atoms with Crippen molar-refractivity contribution in [2.45, 2.75) is 31.2 Å². The van der Waals surface area contributed by atoms with Crippen LogP contribution >= 0.6 is 15.9 Å². The molecule has 1 aromatic rings. The molecule has 2 rings (SSSR count). The first-order chi connectivity index (χ1) is 9.08. The molecule has 1 saturated heterocycles. The Bertz CT molecular complexity index is 466. The SMILES string of the molecule is CNC(=O)[C@]1(CCCc2cccc(Br)n2)CCN1C. The maximum atomic E-state index is 12.0. The number of aryl methyl sites for hydroxylation is 1. The van der Waals surface area contributed by atoms with Crippen LogP contribution in [0.1, 0.15) is 25.0 Å². The third-order valence-electron chi connectivity index (χ3n) is 4.04. The van der Waals surface area contributed by atoms with E-state index in [2.05, 4.69) is 31.1 Å². The summed E-state index contributed by atoms with van der Waals surface area (Å²) >= 11 is 3.38. The number of likely N-dealkylation sites (tertiary alicyclic amines) is 1. The standard InChI is InChI=1S/C14H20BrN3O/c1-16-13(19)14(9-10-18(14)2)8-4-6-11-5-3-7-12(15)17-11/h3,5,7H,4,6,8-10H2,1-2H3,(H,16,19)/t14-/m0/s1. The van der Waals surface area contributed by atoms with E-state index >= 15 is 0 Å². The summed E-state index contributed by atoms with van der Waals surface area (Å²) < 4.78 is 0.867. The number of amides is 1. The predicted octanol–water partition coefficient (Wildman–Crippen LogP) is 1.99. The van der Waals surface area contributed by atoms with Crippen LogP contribution in [0.3, 0.4) is 0 Å². The van der Waals surface area contributed by atoms with Gasteiger partial charge in [0.2, 0.25) is 5.91 Å². The Labute approximate surface area is 122 Å². The second-order valence-corrected chi connectivity index (χ2v) is 5.90. The molecular formula is C14H20BrN3O. The highest BCUT2D eigenvalue weighted by atomic mass is 79.9. The van der Waals surface area contributed by atoms with Crippen LogP contribution in [0.4, 0.5) is 0 Å². The van der Waals surface area contributed by atoms with Gasteiger partial charge in [-0.2, -0.15) is 0 Å². The lowest BCUT2D eigenvalue weighted by molar-refractivity contribution is -0.141. The van der Waals surface area contributed by atoms with Gasteiger partial charge in [0.25, 0.3) is 0 Å². The third-order valence-corrected chi connectivity index (χ3v) is 4.48. The first kappa shape index (κ1) is 14.5. The largest absolute Gasteiger partial charge is 0.358 e. The lowest BCUT2D eigenvalue weighted by atomic mass is 9.79. The summed E-state index contributed by atoms with van der Waals surface area (Å²) in [6.07, 6.45) is 3.72. The van der Waals surface area contributed by atoms with E-state index in [1.165, 1.54) is 0 Å². The van der Waals surface area contributed by atoms with Crippen LogP contribution in [-0.2, 0) is 11.2 Å². The number of nitrogens with zero attached hydrogens (tertiary/aromatic N) is 2. The average Bonchev–Trinajstić information content (AvgIpc) is 2.41. The normalized spacial score (nSPS) is 22.9. The molecular weight excluding hydrogens is 306 g/mol. The van der Waals surface area contributed by atoms with Crippen molar-refractivity contribution in [3.63, 3.8) is 0 Å². The fourth-order valence-corrected chi connectivity index (χ4v) is 3.09. The predicted molar refractivity (Wildman–Crippen MR) is 78.9 cm³/mol. The summed E-state index contributed by atoms with van der Waals surface area (Å²) in [6.45, 7) is 1.00. The molecule has 0 aromatic carbocycles. The van der Waals surface area contributed by atoms with Crippen molar-refractivity contribution in [2.24, 2.45) is 0 Å². The number of likely N-dealkylation sites (N-methyl/N-ethyl adjacent to an activating group) is 2. The summed E-state index contributed by atoms with van der Waals surface area (Å²) in [4.78, 5) is 18.6. The maximum Gasteiger partial charge on any atom is 0.240 e.